The van der Waals surface area contributed by atoms with E-state index in [1.54, 1.807) is 0 Å². The molecule has 7 nitrogen and oxygen atoms in total. The number of rotatable bonds is 9. The molecule has 0 aliphatic carbocycles. The van der Waals surface area contributed by atoms with E-state index >= 15 is 0 Å². The maximum atomic E-state index is 12.7. The molecule has 0 amide bonds. The molecule has 0 unspecified atom stereocenters. The minimum absolute atomic E-state index is 0. The summed E-state index contributed by atoms with van der Waals surface area (Å²) in [5, 5.41) is 16.3. The van der Waals surface area contributed by atoms with Gasteiger partial charge in [0.05, 0.1) is 44.5 Å². The molecular weight excluding hydrogens is 1140 g/mol. The molecule has 4 heterocycles. The first kappa shape index (κ1) is 48.0. The summed E-state index contributed by atoms with van der Waals surface area (Å²) in [6.07, 6.45) is 0. The van der Waals surface area contributed by atoms with E-state index in [0.29, 0.717) is 73.1 Å². The fourth-order valence-corrected chi connectivity index (χ4v) is 11.5. The van der Waals surface area contributed by atoms with Crippen molar-refractivity contribution in [1.82, 2.24) is 19.1 Å². The van der Waals surface area contributed by atoms with Gasteiger partial charge in [-0.05, 0) is 105 Å². The van der Waals surface area contributed by atoms with Gasteiger partial charge in [-0.1, -0.05) is 181 Å². The van der Waals surface area contributed by atoms with Crippen LogP contribution in [0.1, 0.15) is 159 Å². The van der Waals surface area contributed by atoms with Crippen molar-refractivity contribution in [3.8, 4) is 51.0 Å². The number of benzene rings is 8. The Bertz CT molecular complexity index is 4490. The van der Waals surface area contributed by atoms with Gasteiger partial charge in [0, 0.05) is 54.0 Å². The maximum absolute atomic E-state index is 12.7. The molecule has 0 atom stereocenters. The standard InChI is InChI=1S/C70H69N4O3.Pt/c1-38(2)45-24-18-25-46(39(3)4)61(45)73-56-29-20-28-49(60(56)72-68(73)53-36-44(69(9,10)11)37-54(64(53)75)70(12,13)14)42-21-17-22-43(35-42)67-71-55-33-34-58-59(63(55)74(67)62-47(40(5)6)26-19-27-48(62)41(7)8)52-32-31-51-50-23-15-16-30-57(50)76-65(51)66(52)77-58;/h15-34,36-41,75H,1-14H3;/q-1;/i38D,39D,40D,41D;. The van der Waals surface area contributed by atoms with E-state index in [1.807, 2.05) is 159 Å². The van der Waals surface area contributed by atoms with Gasteiger partial charge in [-0.2, -0.15) is 0 Å². The van der Waals surface area contributed by atoms with Crippen LogP contribution in [0.15, 0.2) is 142 Å². The van der Waals surface area contributed by atoms with E-state index in [4.69, 9.17) is 18.8 Å². The Balaban J connectivity index is 0.00000705. The van der Waals surface area contributed by atoms with Crippen molar-refractivity contribution >= 4 is 65.9 Å². The van der Waals surface area contributed by atoms with Crippen molar-refractivity contribution in [3.05, 3.63) is 173 Å². The molecular formula is C70H69N4O3Pt-. The van der Waals surface area contributed by atoms with E-state index in [-0.39, 0.29) is 32.2 Å². The molecule has 12 aromatic rings. The number of hydrogen-bond donors (Lipinski definition) is 1. The summed E-state index contributed by atoms with van der Waals surface area (Å²) < 4.78 is 56.2. The van der Waals surface area contributed by atoms with E-state index < -0.39 is 29.0 Å². The molecule has 1 N–H and O–H groups in total. The van der Waals surface area contributed by atoms with Crippen LogP contribution in [0.4, 0.5) is 0 Å². The predicted octanol–water partition coefficient (Wildman–Crippen LogP) is 19.8. The van der Waals surface area contributed by atoms with Gasteiger partial charge in [0.25, 0.3) is 0 Å². The number of phenolic OH excluding ortho intramolecular Hbond substituents is 1. The van der Waals surface area contributed by atoms with Gasteiger partial charge >= 0.3 is 0 Å². The van der Waals surface area contributed by atoms with Crippen molar-refractivity contribution in [2.24, 2.45) is 0 Å². The molecule has 0 saturated heterocycles. The Labute approximate surface area is 478 Å². The van der Waals surface area contributed by atoms with Crippen LogP contribution in [0, 0.1) is 6.07 Å². The summed E-state index contributed by atoms with van der Waals surface area (Å²) in [6, 6.07) is 48.1. The normalized spacial score (nSPS) is 13.9. The summed E-state index contributed by atoms with van der Waals surface area (Å²) in [4.78, 5) is 11.2. The van der Waals surface area contributed by atoms with Gasteiger partial charge < -0.3 is 18.5 Å². The second-order valence-corrected chi connectivity index (χ2v) is 23.8. The molecule has 0 aliphatic rings. The fraction of sp³-hybridized carbons (Fsp3) is 0.286. The van der Waals surface area contributed by atoms with Crippen molar-refractivity contribution in [1.29, 1.82) is 0 Å². The third-order valence-corrected chi connectivity index (χ3v) is 15.5. The summed E-state index contributed by atoms with van der Waals surface area (Å²) in [5.41, 5.74) is 13.6. The van der Waals surface area contributed by atoms with Crippen LogP contribution in [0.3, 0.4) is 0 Å². The molecule has 4 aromatic heterocycles. The van der Waals surface area contributed by atoms with Crippen LogP contribution >= 0.6 is 0 Å². The Morgan fingerprint density at radius 3 is 1.72 bits per heavy atom. The number of aromatic nitrogens is 4. The van der Waals surface area contributed by atoms with Crippen LogP contribution in [0.2, 0.25) is 0 Å². The second-order valence-electron chi connectivity index (χ2n) is 23.8. The molecule has 0 spiro atoms. The molecule has 8 heteroatoms. The number of aromatic hydroxyl groups is 1. The largest absolute Gasteiger partial charge is 0.507 e. The van der Waals surface area contributed by atoms with E-state index in [1.165, 1.54) is 0 Å². The van der Waals surface area contributed by atoms with E-state index in [9.17, 15) is 10.6 Å². The van der Waals surface area contributed by atoms with Crippen molar-refractivity contribution in [2.45, 2.75) is 131 Å². The third kappa shape index (κ3) is 8.42. The maximum Gasteiger partial charge on any atom is 0.178 e. The number of fused-ring (bicyclic) bond motifs is 10. The average Bonchev–Trinajstić information content (AvgIpc) is 1.81. The minimum Gasteiger partial charge on any atom is -0.507 e. The summed E-state index contributed by atoms with van der Waals surface area (Å²) in [5.74, 6) is -3.23. The first-order valence-corrected chi connectivity index (χ1v) is 26.8. The Kier molecular flexibility index (Phi) is 11.9. The molecule has 12 rings (SSSR count). The number of hydrogen-bond acceptors (Lipinski definition) is 5. The smallest absolute Gasteiger partial charge is 0.178 e. The topological polar surface area (TPSA) is 82.2 Å². The van der Waals surface area contributed by atoms with E-state index in [2.05, 4.69) is 87.1 Å². The van der Waals surface area contributed by atoms with E-state index in [0.717, 1.165) is 71.5 Å². The predicted molar refractivity (Wildman–Crippen MR) is 321 cm³/mol. The molecule has 398 valence electrons. The summed E-state index contributed by atoms with van der Waals surface area (Å²) in [7, 11) is 0. The zero-order valence-electron chi connectivity index (χ0n) is 51.1. The monoisotopic (exact) mass is 1210 g/mol. The number of para-hydroxylation sites is 4. The van der Waals surface area contributed by atoms with Crippen LogP contribution in [-0.4, -0.2) is 24.2 Å². The number of nitrogens with zero attached hydrogens (tertiary/aromatic N) is 4. The van der Waals surface area contributed by atoms with Gasteiger partial charge in [0.15, 0.2) is 11.2 Å². The Morgan fingerprint density at radius 1 is 0.526 bits per heavy atom. The first-order valence-electron chi connectivity index (χ1n) is 28.8. The number of furan rings is 2. The van der Waals surface area contributed by atoms with Gasteiger partial charge in [0.1, 0.15) is 22.7 Å². The summed E-state index contributed by atoms with van der Waals surface area (Å²) >= 11 is 0. The fourth-order valence-electron chi connectivity index (χ4n) is 11.5. The summed E-state index contributed by atoms with van der Waals surface area (Å²) in [6.45, 7) is 27.9. The van der Waals surface area contributed by atoms with Gasteiger partial charge in [-0.3, -0.25) is 9.55 Å². The second kappa shape index (κ2) is 19.3. The van der Waals surface area contributed by atoms with Gasteiger partial charge in [0.2, 0.25) is 0 Å². The molecule has 8 aromatic carbocycles. The third-order valence-electron chi connectivity index (χ3n) is 15.5. The zero-order chi connectivity index (χ0) is 57.8. The SMILES string of the molecule is [2H]C(C)(C)c1cccc(C([2H])(C)C)c1-n1c(-c2cc(C(C)(C)C)cc(C(C)(C)C)c2O)nc2c(-c3[c-]c(-c4nc5ccc6oc7c(ccc8c9ccccc9oc87)c6c5n4-c4c(C([2H])(C)C)cccc4C([2H])(C)C)ccc3)cccc21.[Pt]. The minimum atomic E-state index is -1.10. The van der Waals surface area contributed by atoms with Crippen molar-refractivity contribution < 1.29 is 40.5 Å². The van der Waals surface area contributed by atoms with Crippen molar-refractivity contribution in [2.75, 3.05) is 0 Å². The van der Waals surface area contributed by atoms with Crippen LogP contribution < -0.4 is 0 Å². The van der Waals surface area contributed by atoms with Crippen molar-refractivity contribution in [3.63, 3.8) is 0 Å². The van der Waals surface area contributed by atoms with Crippen LogP contribution in [0.25, 0.3) is 111 Å². The molecule has 0 aliphatic heterocycles. The molecule has 78 heavy (non-hydrogen) atoms. The molecule has 0 radical (unpaired) electrons. The quantitative estimate of drug-likeness (QED) is 0.146. The molecule has 0 bridgehead atoms. The van der Waals surface area contributed by atoms with Crippen LogP contribution in [-0.2, 0) is 31.9 Å². The van der Waals surface area contributed by atoms with Gasteiger partial charge in [-0.25, -0.2) is 4.98 Å². The number of imidazole rings is 2. The van der Waals surface area contributed by atoms with Crippen LogP contribution in [0.5, 0.6) is 5.75 Å². The molecule has 0 saturated carbocycles. The number of phenols is 1. The Morgan fingerprint density at radius 2 is 1.09 bits per heavy atom. The van der Waals surface area contributed by atoms with Gasteiger partial charge in [-0.15, -0.1) is 29.8 Å². The average molecular weight is 1210 g/mol. The zero-order valence-corrected chi connectivity index (χ0v) is 49.3. The Hall–Kier alpha value is -7.21. The molecule has 0 fully saturated rings. The first-order chi connectivity index (χ1) is 37.9.